The number of nitrogens with zero attached hydrogens (tertiary/aromatic N) is 5. The fourth-order valence-corrected chi connectivity index (χ4v) is 2.18. The topological polar surface area (TPSA) is 98.7 Å². The molecule has 8 nitrogen and oxygen atoms in total. The van der Waals surface area contributed by atoms with E-state index in [0.717, 1.165) is 5.56 Å². The van der Waals surface area contributed by atoms with Gasteiger partial charge in [0.1, 0.15) is 12.3 Å². The maximum absolute atomic E-state index is 11.9. The molecule has 1 N–H and O–H groups in total. The third-order valence-electron chi connectivity index (χ3n) is 3.47. The van der Waals surface area contributed by atoms with Gasteiger partial charge in [0.25, 0.3) is 0 Å². The van der Waals surface area contributed by atoms with Crippen molar-refractivity contribution in [3.05, 3.63) is 41.7 Å². The van der Waals surface area contributed by atoms with Crippen molar-refractivity contribution in [2.75, 3.05) is 5.32 Å². The Morgan fingerprint density at radius 2 is 2.04 bits per heavy atom. The van der Waals surface area contributed by atoms with Crippen molar-refractivity contribution in [1.82, 2.24) is 25.4 Å². The fourth-order valence-electron chi connectivity index (χ4n) is 2.18. The Kier molecular flexibility index (Phi) is 4.37. The second-order valence-corrected chi connectivity index (χ2v) is 5.79. The van der Waals surface area contributed by atoms with E-state index in [0.29, 0.717) is 23.3 Å². The van der Waals surface area contributed by atoms with Crippen LogP contribution in [0.4, 0.5) is 5.82 Å². The first-order valence-electron chi connectivity index (χ1n) is 7.62. The summed E-state index contributed by atoms with van der Waals surface area (Å²) < 4.78 is 4.89. The monoisotopic (exact) mass is 326 g/mol. The number of hydrogen-bond donors (Lipinski definition) is 1. The number of carbonyl (C=O) groups excluding carboxylic acids is 1. The predicted molar refractivity (Wildman–Crippen MR) is 87.2 cm³/mol. The summed E-state index contributed by atoms with van der Waals surface area (Å²) in [6, 6.07) is 9.62. The van der Waals surface area contributed by atoms with Crippen molar-refractivity contribution in [2.24, 2.45) is 0 Å². The van der Waals surface area contributed by atoms with E-state index in [-0.39, 0.29) is 12.5 Å². The molecule has 3 rings (SSSR count). The first kappa shape index (κ1) is 15.9. The van der Waals surface area contributed by atoms with Crippen molar-refractivity contribution in [2.45, 2.75) is 33.2 Å². The highest BCUT2D eigenvalue weighted by Gasteiger charge is 2.11. The van der Waals surface area contributed by atoms with Crippen LogP contribution in [0.1, 0.15) is 31.1 Å². The molecule has 0 aliphatic carbocycles. The van der Waals surface area contributed by atoms with Crippen LogP contribution in [0.25, 0.3) is 11.4 Å². The smallest absolute Gasteiger partial charge is 0.249 e. The largest absolute Gasteiger partial charge is 0.360 e. The van der Waals surface area contributed by atoms with Gasteiger partial charge in [-0.05, 0) is 23.6 Å². The molecule has 8 heteroatoms. The Morgan fingerprint density at radius 1 is 1.29 bits per heavy atom. The van der Waals surface area contributed by atoms with E-state index in [1.807, 2.05) is 24.3 Å². The van der Waals surface area contributed by atoms with E-state index in [9.17, 15) is 4.79 Å². The molecule has 0 bridgehead atoms. The molecule has 124 valence electrons. The summed E-state index contributed by atoms with van der Waals surface area (Å²) in [6.45, 7) is 5.97. The van der Waals surface area contributed by atoms with Crippen LogP contribution in [0.5, 0.6) is 0 Å². The fraction of sp³-hybridized carbons (Fsp3) is 0.312. The van der Waals surface area contributed by atoms with Crippen LogP contribution in [-0.4, -0.2) is 31.3 Å². The van der Waals surface area contributed by atoms with Crippen molar-refractivity contribution in [3.8, 4) is 11.4 Å². The summed E-state index contributed by atoms with van der Waals surface area (Å²) in [5.41, 5.74) is 2.10. The molecule has 0 fully saturated rings. The van der Waals surface area contributed by atoms with Crippen LogP contribution < -0.4 is 5.32 Å². The highest BCUT2D eigenvalue weighted by Crippen LogP contribution is 2.19. The zero-order valence-corrected chi connectivity index (χ0v) is 13.7. The van der Waals surface area contributed by atoms with E-state index >= 15 is 0 Å². The van der Waals surface area contributed by atoms with E-state index in [4.69, 9.17) is 4.52 Å². The number of aryl methyl sites for hydroxylation is 1. The number of amides is 1. The molecule has 0 atom stereocenters. The highest BCUT2D eigenvalue weighted by atomic mass is 16.5. The molecule has 0 saturated heterocycles. The van der Waals surface area contributed by atoms with Crippen molar-refractivity contribution in [1.29, 1.82) is 0 Å². The lowest BCUT2D eigenvalue weighted by molar-refractivity contribution is -0.117. The third-order valence-corrected chi connectivity index (χ3v) is 3.47. The highest BCUT2D eigenvalue weighted by molar-refractivity contribution is 5.89. The second-order valence-electron chi connectivity index (χ2n) is 5.79. The van der Waals surface area contributed by atoms with E-state index in [1.165, 1.54) is 10.4 Å². The van der Waals surface area contributed by atoms with Crippen molar-refractivity contribution >= 4 is 11.7 Å². The van der Waals surface area contributed by atoms with Gasteiger partial charge >= 0.3 is 0 Å². The first-order chi connectivity index (χ1) is 11.5. The Hall–Kier alpha value is -3.03. The van der Waals surface area contributed by atoms with Crippen LogP contribution in [-0.2, 0) is 11.3 Å². The molecule has 0 radical (unpaired) electrons. The van der Waals surface area contributed by atoms with Crippen LogP contribution in [0.15, 0.2) is 34.9 Å². The van der Waals surface area contributed by atoms with Gasteiger partial charge in [0.2, 0.25) is 11.7 Å². The Balaban J connectivity index is 1.65. The number of aromatic nitrogens is 5. The lowest BCUT2D eigenvalue weighted by atomic mass is 10.0. The minimum absolute atomic E-state index is 0.0526. The molecule has 0 spiro atoms. The van der Waals surface area contributed by atoms with Crippen LogP contribution in [0.2, 0.25) is 0 Å². The molecule has 1 amide bonds. The molecule has 0 unspecified atom stereocenters. The van der Waals surface area contributed by atoms with Gasteiger partial charge in [-0.2, -0.15) is 4.80 Å². The molecule has 0 saturated carbocycles. The minimum atomic E-state index is -0.303. The van der Waals surface area contributed by atoms with Gasteiger partial charge in [-0.1, -0.05) is 43.3 Å². The molecule has 3 aromatic rings. The van der Waals surface area contributed by atoms with Gasteiger partial charge in [-0.3, -0.25) is 4.79 Å². The SMILES string of the molecule is Cc1cc(NC(=O)Cn2nnc(-c3ccc(C(C)C)cc3)n2)no1. The van der Waals surface area contributed by atoms with E-state index in [2.05, 4.69) is 39.7 Å². The Labute approximate surface area is 138 Å². The predicted octanol–water partition coefficient (Wildman–Crippen LogP) is 2.40. The first-order valence-corrected chi connectivity index (χ1v) is 7.62. The van der Waals surface area contributed by atoms with Gasteiger partial charge in [-0.25, -0.2) is 0 Å². The third kappa shape index (κ3) is 3.65. The summed E-state index contributed by atoms with van der Waals surface area (Å²) in [6.07, 6.45) is 0. The average Bonchev–Trinajstić information content (AvgIpc) is 3.16. The van der Waals surface area contributed by atoms with Crippen molar-refractivity contribution in [3.63, 3.8) is 0 Å². The van der Waals surface area contributed by atoms with Crippen molar-refractivity contribution < 1.29 is 9.32 Å². The number of benzene rings is 1. The number of hydrogen-bond acceptors (Lipinski definition) is 6. The summed E-state index contributed by atoms with van der Waals surface area (Å²) >= 11 is 0. The molecule has 2 heterocycles. The second kappa shape index (κ2) is 6.61. The van der Waals surface area contributed by atoms with E-state index in [1.54, 1.807) is 13.0 Å². The minimum Gasteiger partial charge on any atom is -0.360 e. The molecule has 1 aromatic carbocycles. The zero-order chi connectivity index (χ0) is 17.1. The molecular weight excluding hydrogens is 308 g/mol. The normalized spacial score (nSPS) is 11.0. The molecule has 2 aromatic heterocycles. The molecule has 24 heavy (non-hydrogen) atoms. The quantitative estimate of drug-likeness (QED) is 0.773. The van der Waals surface area contributed by atoms with Gasteiger partial charge in [0.05, 0.1) is 0 Å². The Bertz CT molecular complexity index is 834. The number of tetrazole rings is 1. The number of carbonyl (C=O) groups is 1. The molecule has 0 aliphatic heterocycles. The molecular formula is C16H18N6O2. The van der Waals surface area contributed by atoms with Gasteiger partial charge < -0.3 is 9.84 Å². The van der Waals surface area contributed by atoms with Gasteiger partial charge in [0, 0.05) is 11.6 Å². The maximum Gasteiger partial charge on any atom is 0.249 e. The number of rotatable bonds is 5. The summed E-state index contributed by atoms with van der Waals surface area (Å²) in [5, 5.41) is 18.4. The average molecular weight is 326 g/mol. The number of nitrogens with one attached hydrogen (secondary N) is 1. The summed E-state index contributed by atoms with van der Waals surface area (Å²) in [4.78, 5) is 13.2. The lowest BCUT2D eigenvalue weighted by Gasteiger charge is -2.04. The Morgan fingerprint density at radius 3 is 2.67 bits per heavy atom. The van der Waals surface area contributed by atoms with Gasteiger partial charge in [0.15, 0.2) is 5.82 Å². The number of anilines is 1. The molecule has 0 aliphatic rings. The van der Waals surface area contributed by atoms with Gasteiger partial charge in [-0.15, -0.1) is 10.2 Å². The maximum atomic E-state index is 11.9. The standard InChI is InChI=1S/C16H18N6O2/c1-10(2)12-4-6-13(7-5-12)16-18-21-22(19-16)9-15(23)17-14-8-11(3)24-20-14/h4-8,10H,9H2,1-3H3,(H,17,20,23). The van der Waals surface area contributed by atoms with E-state index < -0.39 is 0 Å². The zero-order valence-electron chi connectivity index (χ0n) is 13.7. The van der Waals surface area contributed by atoms with Crippen LogP contribution >= 0.6 is 0 Å². The lowest BCUT2D eigenvalue weighted by Crippen LogP contribution is -2.20. The van der Waals surface area contributed by atoms with Crippen LogP contribution in [0, 0.1) is 6.92 Å². The summed E-state index contributed by atoms with van der Waals surface area (Å²) in [7, 11) is 0. The van der Waals surface area contributed by atoms with Crippen LogP contribution in [0.3, 0.4) is 0 Å². The summed E-state index contributed by atoms with van der Waals surface area (Å²) in [5.74, 6) is 1.63.